The summed E-state index contributed by atoms with van der Waals surface area (Å²) in [6.07, 6.45) is 8.24. The Morgan fingerprint density at radius 2 is 1.19 bits per heavy atom. The van der Waals surface area contributed by atoms with Crippen LogP contribution in [0.25, 0.3) is 0 Å². The average molecular weight is 224 g/mol. The van der Waals surface area contributed by atoms with E-state index < -0.39 is 0 Å². The first-order chi connectivity index (χ1) is 7.43. The van der Waals surface area contributed by atoms with Crippen LogP contribution in [-0.2, 0) is 0 Å². The lowest BCUT2D eigenvalue weighted by atomic mass is 9.81. The Hall–Kier alpha value is -0.0800. The van der Waals surface area contributed by atoms with Crippen molar-refractivity contribution in [3.8, 4) is 0 Å². The molecule has 0 amide bonds. The third-order valence-electron chi connectivity index (χ3n) is 4.34. The number of hydrazine groups is 1. The van der Waals surface area contributed by atoms with Crippen LogP contribution < -0.4 is 0 Å². The van der Waals surface area contributed by atoms with Crippen LogP contribution >= 0.6 is 0 Å². The van der Waals surface area contributed by atoms with E-state index in [1.807, 2.05) is 0 Å². The molecule has 2 aliphatic heterocycles. The molecule has 0 aromatic heterocycles. The minimum absolute atomic E-state index is 0.346. The topological polar surface area (TPSA) is 6.48 Å². The minimum atomic E-state index is 0.346. The van der Waals surface area contributed by atoms with E-state index in [1.165, 1.54) is 51.6 Å². The smallest absolute Gasteiger partial charge is 0.0306 e. The number of piperidine rings is 2. The third kappa shape index (κ3) is 2.28. The van der Waals surface area contributed by atoms with Gasteiger partial charge in [0, 0.05) is 24.2 Å². The maximum Gasteiger partial charge on any atom is 0.0306 e. The summed E-state index contributed by atoms with van der Waals surface area (Å²) in [6.45, 7) is 12.2. The van der Waals surface area contributed by atoms with Crippen molar-refractivity contribution in [2.24, 2.45) is 0 Å². The highest BCUT2D eigenvalue weighted by Crippen LogP contribution is 2.40. The quantitative estimate of drug-likeness (QED) is 0.673. The maximum atomic E-state index is 2.71. The SMILES string of the molecule is CC1(C)CCCC(C)(C)N1N1CCCCC1. The molecule has 94 valence electrons. The van der Waals surface area contributed by atoms with Gasteiger partial charge >= 0.3 is 0 Å². The van der Waals surface area contributed by atoms with E-state index in [-0.39, 0.29) is 0 Å². The number of hydrogen-bond donors (Lipinski definition) is 0. The molecule has 0 unspecified atom stereocenters. The summed E-state index contributed by atoms with van der Waals surface area (Å²) in [7, 11) is 0. The van der Waals surface area contributed by atoms with Crippen molar-refractivity contribution >= 4 is 0 Å². The van der Waals surface area contributed by atoms with Crippen LogP contribution in [0.1, 0.15) is 66.2 Å². The van der Waals surface area contributed by atoms with Gasteiger partial charge in [-0.3, -0.25) is 0 Å². The first-order valence-corrected chi connectivity index (χ1v) is 6.99. The predicted molar refractivity (Wildman–Crippen MR) is 69.3 cm³/mol. The molecule has 0 atom stereocenters. The van der Waals surface area contributed by atoms with E-state index in [2.05, 4.69) is 37.7 Å². The molecule has 0 aliphatic carbocycles. The Balaban J connectivity index is 2.18. The van der Waals surface area contributed by atoms with Gasteiger partial charge in [0.15, 0.2) is 0 Å². The molecule has 2 aliphatic rings. The van der Waals surface area contributed by atoms with Gasteiger partial charge in [-0.2, -0.15) is 0 Å². The molecule has 0 radical (unpaired) electrons. The van der Waals surface area contributed by atoms with E-state index in [1.54, 1.807) is 0 Å². The summed E-state index contributed by atoms with van der Waals surface area (Å²) >= 11 is 0. The Bertz CT molecular complexity index is 223. The number of rotatable bonds is 1. The zero-order chi connectivity index (χ0) is 11.8. The fraction of sp³-hybridized carbons (Fsp3) is 1.00. The first kappa shape index (κ1) is 12.4. The molecule has 2 fully saturated rings. The molecule has 0 N–H and O–H groups in total. The molecule has 16 heavy (non-hydrogen) atoms. The van der Waals surface area contributed by atoms with Crippen molar-refractivity contribution in [2.45, 2.75) is 77.3 Å². The zero-order valence-corrected chi connectivity index (χ0v) is 11.6. The van der Waals surface area contributed by atoms with E-state index in [0.717, 1.165) is 0 Å². The summed E-state index contributed by atoms with van der Waals surface area (Å²) < 4.78 is 0. The van der Waals surface area contributed by atoms with Crippen molar-refractivity contribution in [3.05, 3.63) is 0 Å². The van der Waals surface area contributed by atoms with Crippen molar-refractivity contribution in [1.29, 1.82) is 0 Å². The lowest BCUT2D eigenvalue weighted by Gasteiger charge is -2.58. The van der Waals surface area contributed by atoms with E-state index in [0.29, 0.717) is 11.1 Å². The molecule has 2 nitrogen and oxygen atoms in total. The molecule has 0 spiro atoms. The molecule has 0 saturated carbocycles. The number of hydrogen-bond acceptors (Lipinski definition) is 2. The van der Waals surface area contributed by atoms with Gasteiger partial charge < -0.3 is 0 Å². The second kappa shape index (κ2) is 4.30. The van der Waals surface area contributed by atoms with Gasteiger partial charge in [-0.05, 0) is 59.8 Å². The number of nitrogens with zero attached hydrogens (tertiary/aromatic N) is 2. The minimum Gasteiger partial charge on any atom is -0.241 e. The van der Waals surface area contributed by atoms with Crippen molar-refractivity contribution in [2.75, 3.05) is 13.1 Å². The highest BCUT2D eigenvalue weighted by molar-refractivity contribution is 4.95. The highest BCUT2D eigenvalue weighted by Gasteiger charge is 2.44. The van der Waals surface area contributed by atoms with Crippen LogP contribution in [0.3, 0.4) is 0 Å². The van der Waals surface area contributed by atoms with Crippen LogP contribution in [0.4, 0.5) is 0 Å². The normalized spacial score (nSPS) is 31.5. The molecular weight excluding hydrogens is 196 g/mol. The van der Waals surface area contributed by atoms with E-state index in [9.17, 15) is 0 Å². The largest absolute Gasteiger partial charge is 0.241 e. The van der Waals surface area contributed by atoms with Crippen LogP contribution in [-0.4, -0.2) is 34.2 Å². The summed E-state index contributed by atoms with van der Waals surface area (Å²) in [5, 5.41) is 5.35. The van der Waals surface area contributed by atoms with Crippen molar-refractivity contribution in [1.82, 2.24) is 10.0 Å². The van der Waals surface area contributed by atoms with Crippen LogP contribution in [0.2, 0.25) is 0 Å². The average Bonchev–Trinajstić information content (AvgIpc) is 2.16. The molecule has 2 saturated heterocycles. The third-order valence-corrected chi connectivity index (χ3v) is 4.34. The first-order valence-electron chi connectivity index (χ1n) is 6.99. The van der Waals surface area contributed by atoms with Gasteiger partial charge in [0.1, 0.15) is 0 Å². The zero-order valence-electron chi connectivity index (χ0n) is 11.6. The van der Waals surface area contributed by atoms with Crippen LogP contribution in [0, 0.1) is 0 Å². The molecule has 2 heteroatoms. The molecule has 0 aromatic rings. The van der Waals surface area contributed by atoms with Crippen molar-refractivity contribution in [3.63, 3.8) is 0 Å². The molecule has 2 rings (SSSR count). The van der Waals surface area contributed by atoms with Crippen LogP contribution in [0.5, 0.6) is 0 Å². The summed E-state index contributed by atoms with van der Waals surface area (Å²) in [6, 6.07) is 0. The Morgan fingerprint density at radius 1 is 0.688 bits per heavy atom. The second-order valence-corrected chi connectivity index (χ2v) is 6.80. The van der Waals surface area contributed by atoms with Crippen LogP contribution in [0.15, 0.2) is 0 Å². The fourth-order valence-corrected chi connectivity index (χ4v) is 3.83. The van der Waals surface area contributed by atoms with E-state index >= 15 is 0 Å². The monoisotopic (exact) mass is 224 g/mol. The van der Waals surface area contributed by atoms with Gasteiger partial charge in [0.25, 0.3) is 0 Å². The Labute approximate surface area is 101 Å². The standard InChI is InChI=1S/C14H28N2/c1-13(2)9-8-10-14(3,4)16(13)15-11-6-5-7-12-15/h5-12H2,1-4H3. The van der Waals surface area contributed by atoms with Crippen molar-refractivity contribution < 1.29 is 0 Å². The molecular formula is C14H28N2. The maximum absolute atomic E-state index is 2.71. The lowest BCUT2D eigenvalue weighted by Crippen LogP contribution is -2.66. The molecule has 0 aromatic carbocycles. The molecule has 0 bridgehead atoms. The summed E-state index contributed by atoms with van der Waals surface area (Å²) in [5.41, 5.74) is 0.693. The summed E-state index contributed by atoms with van der Waals surface area (Å²) in [5.74, 6) is 0. The molecule has 2 heterocycles. The second-order valence-electron chi connectivity index (χ2n) is 6.80. The van der Waals surface area contributed by atoms with Gasteiger partial charge in [-0.15, -0.1) is 0 Å². The van der Waals surface area contributed by atoms with Gasteiger partial charge in [-0.1, -0.05) is 6.42 Å². The van der Waals surface area contributed by atoms with Gasteiger partial charge in [0.2, 0.25) is 0 Å². The fourth-order valence-electron chi connectivity index (χ4n) is 3.83. The predicted octanol–water partition coefficient (Wildman–Crippen LogP) is 3.43. The van der Waals surface area contributed by atoms with Gasteiger partial charge in [0.05, 0.1) is 0 Å². The lowest BCUT2D eigenvalue weighted by molar-refractivity contribution is -0.189. The summed E-state index contributed by atoms with van der Waals surface area (Å²) in [4.78, 5) is 0. The Kier molecular flexibility index (Phi) is 3.33. The Morgan fingerprint density at radius 3 is 1.69 bits per heavy atom. The van der Waals surface area contributed by atoms with Gasteiger partial charge in [-0.25, -0.2) is 10.0 Å². The van der Waals surface area contributed by atoms with E-state index in [4.69, 9.17) is 0 Å². The highest BCUT2D eigenvalue weighted by atomic mass is 15.7.